The summed E-state index contributed by atoms with van der Waals surface area (Å²) in [7, 11) is 0. The molecule has 2 heterocycles. The van der Waals surface area contributed by atoms with Gasteiger partial charge in [0, 0.05) is 66.2 Å². The Morgan fingerprint density at radius 1 is 0.595 bits per heavy atom. The number of hydrogen-bond donors (Lipinski definition) is 0. The Morgan fingerprint density at radius 3 is 1.73 bits per heavy atom. The van der Waals surface area contributed by atoms with Gasteiger partial charge in [-0.1, -0.05) is 60.7 Å². The summed E-state index contributed by atoms with van der Waals surface area (Å²) < 4.78 is 13.4. The molecular weight excluding hydrogens is 477 g/mol. The molecule has 3 aromatic carbocycles. The summed E-state index contributed by atoms with van der Waals surface area (Å²) >= 11 is 1.86. The van der Waals surface area contributed by atoms with Crippen LogP contribution in [-0.2, 0) is 13.1 Å². The van der Waals surface area contributed by atoms with E-state index in [1.54, 1.807) is 12.1 Å². The number of rotatable bonds is 10. The summed E-state index contributed by atoms with van der Waals surface area (Å²) in [5.41, 5.74) is 6.54. The van der Waals surface area contributed by atoms with Gasteiger partial charge in [-0.3, -0.25) is 14.9 Å². The van der Waals surface area contributed by atoms with Crippen LogP contribution in [0.1, 0.15) is 11.1 Å². The number of thioether (sulfide) groups is 1. The average Bonchev–Trinajstić information content (AvgIpc) is 2.95. The van der Waals surface area contributed by atoms with Crippen LogP contribution in [0.25, 0.3) is 22.3 Å². The van der Waals surface area contributed by atoms with E-state index in [0.717, 1.165) is 47.6 Å². The average molecular weight is 506 g/mol. The van der Waals surface area contributed by atoms with Gasteiger partial charge in [-0.15, -0.1) is 11.8 Å². The first-order valence-electron chi connectivity index (χ1n) is 12.3. The molecule has 37 heavy (non-hydrogen) atoms. The Kier molecular flexibility index (Phi) is 8.36. The Hall–Kier alpha value is -3.80. The summed E-state index contributed by atoms with van der Waals surface area (Å²) in [6.45, 7) is 2.45. The lowest BCUT2D eigenvalue weighted by Crippen LogP contribution is -2.25. The Morgan fingerprint density at radius 2 is 1.14 bits per heavy atom. The normalized spacial score (nSPS) is 11.1. The summed E-state index contributed by atoms with van der Waals surface area (Å²) in [4.78, 5) is 12.7. The van der Waals surface area contributed by atoms with Crippen molar-refractivity contribution in [3.63, 3.8) is 0 Å². The lowest BCUT2D eigenvalue weighted by molar-refractivity contribution is 0.273. The third kappa shape index (κ3) is 7.13. The quantitative estimate of drug-likeness (QED) is 0.182. The molecule has 2 aromatic heterocycles. The van der Waals surface area contributed by atoms with Gasteiger partial charge >= 0.3 is 0 Å². The van der Waals surface area contributed by atoms with Crippen LogP contribution in [0.3, 0.4) is 0 Å². The summed E-state index contributed by atoms with van der Waals surface area (Å²) in [6, 6.07) is 31.8. The molecule has 0 amide bonds. The Bertz CT molecular complexity index is 1410. The van der Waals surface area contributed by atoms with E-state index in [2.05, 4.69) is 75.5 Å². The van der Waals surface area contributed by atoms with Gasteiger partial charge in [0.25, 0.3) is 0 Å². The maximum absolute atomic E-state index is 13.4. The molecule has 0 N–H and O–H groups in total. The highest BCUT2D eigenvalue weighted by atomic mass is 32.2. The van der Waals surface area contributed by atoms with Crippen molar-refractivity contribution in [3.05, 3.63) is 139 Å². The zero-order valence-corrected chi connectivity index (χ0v) is 21.3. The molecule has 0 saturated heterocycles. The number of benzene rings is 3. The second-order valence-corrected chi connectivity index (χ2v) is 10.1. The molecule has 5 aromatic rings. The molecule has 3 nitrogen and oxygen atoms in total. The minimum Gasteiger partial charge on any atom is -0.294 e. The lowest BCUT2D eigenvalue weighted by Gasteiger charge is -2.23. The molecule has 0 spiro atoms. The van der Waals surface area contributed by atoms with Gasteiger partial charge in [0.1, 0.15) is 5.82 Å². The zero-order valence-electron chi connectivity index (χ0n) is 20.5. The molecule has 0 fully saturated rings. The molecule has 5 heteroatoms. The van der Waals surface area contributed by atoms with E-state index in [4.69, 9.17) is 0 Å². The smallest absolute Gasteiger partial charge is 0.123 e. The minimum absolute atomic E-state index is 0.235. The van der Waals surface area contributed by atoms with Gasteiger partial charge in [0.05, 0.1) is 0 Å². The first-order valence-corrected chi connectivity index (χ1v) is 13.3. The van der Waals surface area contributed by atoms with E-state index in [9.17, 15) is 4.39 Å². The number of hydrogen-bond acceptors (Lipinski definition) is 4. The van der Waals surface area contributed by atoms with E-state index in [1.165, 1.54) is 28.2 Å². The second kappa shape index (κ2) is 12.4. The topological polar surface area (TPSA) is 29.0 Å². The van der Waals surface area contributed by atoms with E-state index in [1.807, 2.05) is 48.7 Å². The molecule has 0 radical (unpaired) electrons. The fourth-order valence-corrected chi connectivity index (χ4v) is 5.21. The first-order chi connectivity index (χ1) is 18.2. The van der Waals surface area contributed by atoms with Crippen molar-refractivity contribution in [3.8, 4) is 22.3 Å². The van der Waals surface area contributed by atoms with E-state index >= 15 is 0 Å². The van der Waals surface area contributed by atoms with Crippen molar-refractivity contribution in [1.29, 1.82) is 0 Å². The van der Waals surface area contributed by atoms with E-state index in [-0.39, 0.29) is 5.82 Å². The van der Waals surface area contributed by atoms with Gasteiger partial charge in [-0.25, -0.2) is 4.39 Å². The van der Waals surface area contributed by atoms with Crippen molar-refractivity contribution >= 4 is 11.8 Å². The van der Waals surface area contributed by atoms with Crippen LogP contribution in [0.2, 0.25) is 0 Å². The van der Waals surface area contributed by atoms with Crippen molar-refractivity contribution in [2.75, 3.05) is 12.3 Å². The van der Waals surface area contributed by atoms with Gasteiger partial charge in [-0.2, -0.15) is 0 Å². The van der Waals surface area contributed by atoms with Crippen molar-refractivity contribution < 1.29 is 4.39 Å². The van der Waals surface area contributed by atoms with Crippen LogP contribution in [0.15, 0.2) is 127 Å². The molecule has 0 aliphatic carbocycles. The van der Waals surface area contributed by atoms with E-state index < -0.39 is 0 Å². The third-order valence-electron chi connectivity index (χ3n) is 6.11. The molecule has 0 saturated carbocycles. The van der Waals surface area contributed by atoms with Gasteiger partial charge in [0.15, 0.2) is 0 Å². The number of nitrogens with zero attached hydrogens (tertiary/aromatic N) is 3. The minimum atomic E-state index is -0.235. The maximum Gasteiger partial charge on any atom is 0.123 e. The van der Waals surface area contributed by atoms with Crippen LogP contribution in [0.5, 0.6) is 0 Å². The predicted molar refractivity (Wildman–Crippen MR) is 151 cm³/mol. The van der Waals surface area contributed by atoms with Crippen LogP contribution >= 0.6 is 11.8 Å². The molecule has 0 aliphatic rings. The number of pyridine rings is 2. The fourth-order valence-electron chi connectivity index (χ4n) is 4.28. The third-order valence-corrected chi connectivity index (χ3v) is 7.10. The van der Waals surface area contributed by atoms with Gasteiger partial charge < -0.3 is 0 Å². The lowest BCUT2D eigenvalue weighted by atomic mass is 10.1. The fraction of sp³-hybridized carbons (Fsp3) is 0.125. The van der Waals surface area contributed by atoms with Crippen LogP contribution in [0.4, 0.5) is 4.39 Å². The Balaban J connectivity index is 1.34. The predicted octanol–water partition coefficient (Wildman–Crippen LogP) is 7.74. The SMILES string of the molecule is Fc1ccc(-c2cncc(CN(CCSc3ccccc3)Cc3cncc(-c4ccccc4)c3)c2)cc1. The Labute approximate surface area is 222 Å². The largest absolute Gasteiger partial charge is 0.294 e. The summed E-state index contributed by atoms with van der Waals surface area (Å²) in [5.74, 6) is 0.738. The van der Waals surface area contributed by atoms with Crippen molar-refractivity contribution in [1.82, 2.24) is 14.9 Å². The highest BCUT2D eigenvalue weighted by Crippen LogP contribution is 2.23. The van der Waals surface area contributed by atoms with Crippen LogP contribution in [0, 0.1) is 5.82 Å². The van der Waals surface area contributed by atoms with Crippen LogP contribution < -0.4 is 0 Å². The van der Waals surface area contributed by atoms with Crippen LogP contribution in [-0.4, -0.2) is 27.2 Å². The first kappa shape index (κ1) is 24.9. The van der Waals surface area contributed by atoms with Gasteiger partial charge in [0.2, 0.25) is 0 Å². The molecule has 0 unspecified atom stereocenters. The molecule has 0 bridgehead atoms. The summed E-state index contributed by atoms with van der Waals surface area (Å²) in [6.07, 6.45) is 7.63. The highest BCUT2D eigenvalue weighted by molar-refractivity contribution is 7.99. The highest BCUT2D eigenvalue weighted by Gasteiger charge is 2.11. The number of halogens is 1. The molecular formula is C32H28FN3S. The standard InChI is InChI=1S/C32H28FN3S/c33-31-13-11-28(12-14-31)30-18-26(20-35-22-30)24-36(15-16-37-32-9-5-2-6-10-32)23-25-17-29(21-34-19-25)27-7-3-1-4-8-27/h1-14,17-22H,15-16,23-24H2. The maximum atomic E-state index is 13.4. The van der Waals surface area contributed by atoms with Crippen molar-refractivity contribution in [2.24, 2.45) is 0 Å². The van der Waals surface area contributed by atoms with Gasteiger partial charge in [-0.05, 0) is 58.7 Å². The van der Waals surface area contributed by atoms with Crippen molar-refractivity contribution in [2.45, 2.75) is 18.0 Å². The zero-order chi connectivity index (χ0) is 25.3. The summed E-state index contributed by atoms with van der Waals surface area (Å²) in [5, 5.41) is 0. The van der Waals surface area contributed by atoms with E-state index in [0.29, 0.717) is 0 Å². The molecule has 5 rings (SSSR count). The molecule has 184 valence electrons. The molecule has 0 atom stereocenters. The second-order valence-electron chi connectivity index (χ2n) is 8.91. The number of aromatic nitrogens is 2. The monoisotopic (exact) mass is 505 g/mol. The molecule has 0 aliphatic heterocycles.